The Labute approximate surface area is 214 Å². The lowest BCUT2D eigenvalue weighted by Crippen LogP contribution is -2.39. The molecule has 1 saturated heterocycles. The highest BCUT2D eigenvalue weighted by atomic mass is 35.5. The number of oxime groups is 1. The number of nitrogens with zero attached hydrogens (tertiary/aromatic N) is 2. The molecule has 0 spiro atoms. The quantitative estimate of drug-likeness (QED) is 0.511. The molecule has 1 aromatic heterocycles. The number of aromatic nitrogens is 1. The van der Waals surface area contributed by atoms with Gasteiger partial charge in [-0.2, -0.15) is 0 Å². The average Bonchev–Trinajstić information content (AvgIpc) is 3.37. The van der Waals surface area contributed by atoms with Gasteiger partial charge in [-0.1, -0.05) is 22.8 Å². The predicted octanol–water partition coefficient (Wildman–Crippen LogP) is 3.99. The van der Waals surface area contributed by atoms with Crippen LogP contribution in [0.1, 0.15) is 45.2 Å². The Bertz CT molecular complexity index is 1200. The second kappa shape index (κ2) is 11.0. The van der Waals surface area contributed by atoms with Crippen LogP contribution in [0, 0.1) is 0 Å². The minimum absolute atomic E-state index is 0.216. The molecule has 194 valence electrons. The van der Waals surface area contributed by atoms with Crippen LogP contribution in [0.15, 0.2) is 40.4 Å². The van der Waals surface area contributed by atoms with Crippen LogP contribution in [-0.2, 0) is 23.8 Å². The summed E-state index contributed by atoms with van der Waals surface area (Å²) in [6, 6.07) is 5.88. The summed E-state index contributed by atoms with van der Waals surface area (Å²) in [6.45, 7) is 7.09. The van der Waals surface area contributed by atoms with E-state index < -0.39 is 23.2 Å². The molecule has 10 heteroatoms. The standard InChI is InChI=1S/C26H31ClN2O7/c1-26(2,3)36-25(31)22(12-17-15-33-9-10-34-17)29-14-23(32-4)20(13-24(29)30)19-11-16(27)5-6-18(19)21-7-8-35-28-21/h5-6,11,13-14,17,22H,7-10,12,15H2,1-4H3. The number of hydrogen-bond acceptors (Lipinski definition) is 8. The summed E-state index contributed by atoms with van der Waals surface area (Å²) < 4.78 is 24.0. The maximum absolute atomic E-state index is 13.5. The third kappa shape index (κ3) is 6.08. The van der Waals surface area contributed by atoms with Crippen molar-refractivity contribution in [2.75, 3.05) is 33.5 Å². The van der Waals surface area contributed by atoms with Crippen LogP contribution in [0.25, 0.3) is 11.1 Å². The number of hydrogen-bond donors (Lipinski definition) is 0. The van der Waals surface area contributed by atoms with Crippen molar-refractivity contribution in [1.82, 2.24) is 4.57 Å². The first-order valence-corrected chi connectivity index (χ1v) is 12.3. The van der Waals surface area contributed by atoms with Crippen LogP contribution in [-0.4, -0.2) is 61.5 Å². The van der Waals surface area contributed by atoms with Crippen LogP contribution in [0.3, 0.4) is 0 Å². The Balaban J connectivity index is 1.78. The van der Waals surface area contributed by atoms with Crippen LogP contribution in [0.5, 0.6) is 5.75 Å². The molecule has 2 unspecified atom stereocenters. The summed E-state index contributed by atoms with van der Waals surface area (Å²) in [6.07, 6.45) is 2.04. The van der Waals surface area contributed by atoms with E-state index in [1.807, 2.05) is 6.07 Å². The van der Waals surface area contributed by atoms with Crippen molar-refractivity contribution < 1.29 is 28.6 Å². The van der Waals surface area contributed by atoms with Crippen molar-refractivity contribution in [3.05, 3.63) is 51.4 Å². The molecule has 2 aliphatic heterocycles. The molecule has 36 heavy (non-hydrogen) atoms. The monoisotopic (exact) mass is 518 g/mol. The van der Waals surface area contributed by atoms with Gasteiger partial charge in [-0.3, -0.25) is 9.36 Å². The van der Waals surface area contributed by atoms with Crippen molar-refractivity contribution >= 4 is 23.3 Å². The van der Waals surface area contributed by atoms with E-state index in [0.717, 1.165) is 11.3 Å². The van der Waals surface area contributed by atoms with Gasteiger partial charge in [0, 0.05) is 35.1 Å². The molecule has 2 aliphatic rings. The lowest BCUT2D eigenvalue weighted by molar-refractivity contribution is -0.162. The van der Waals surface area contributed by atoms with Gasteiger partial charge in [0.05, 0.1) is 44.9 Å². The molecule has 1 aromatic carbocycles. The number of methoxy groups -OCH3 is 1. The van der Waals surface area contributed by atoms with E-state index in [-0.39, 0.29) is 12.5 Å². The summed E-state index contributed by atoms with van der Waals surface area (Å²) in [5.74, 6) is -0.138. The summed E-state index contributed by atoms with van der Waals surface area (Å²) in [5.41, 5.74) is 1.65. The minimum atomic E-state index is -0.933. The molecule has 0 radical (unpaired) electrons. The number of benzene rings is 1. The van der Waals surface area contributed by atoms with E-state index in [0.29, 0.717) is 54.7 Å². The topological polar surface area (TPSA) is 97.6 Å². The van der Waals surface area contributed by atoms with Crippen LogP contribution < -0.4 is 10.3 Å². The summed E-state index contributed by atoms with van der Waals surface area (Å²) in [5, 5.41) is 4.63. The van der Waals surface area contributed by atoms with Crippen molar-refractivity contribution in [2.45, 2.75) is 51.4 Å². The molecule has 2 atom stereocenters. The summed E-state index contributed by atoms with van der Waals surface area (Å²) in [4.78, 5) is 31.9. The normalized spacial score (nSPS) is 18.8. The largest absolute Gasteiger partial charge is 0.495 e. The highest BCUT2D eigenvalue weighted by Crippen LogP contribution is 2.35. The van der Waals surface area contributed by atoms with Crippen LogP contribution in [0.4, 0.5) is 0 Å². The molecular formula is C26H31ClN2O7. The van der Waals surface area contributed by atoms with E-state index in [1.54, 1.807) is 32.9 Å². The van der Waals surface area contributed by atoms with Gasteiger partial charge in [0.15, 0.2) is 0 Å². The Morgan fingerprint density at radius 2 is 2.00 bits per heavy atom. The number of carbonyl (C=O) groups excluding carboxylic acids is 1. The fraction of sp³-hybridized carbons (Fsp3) is 0.500. The molecule has 0 amide bonds. The lowest BCUT2D eigenvalue weighted by atomic mass is 9.95. The van der Waals surface area contributed by atoms with Gasteiger partial charge in [0.2, 0.25) is 0 Å². The molecule has 4 rings (SSSR count). The van der Waals surface area contributed by atoms with Gasteiger partial charge in [0.25, 0.3) is 5.56 Å². The van der Waals surface area contributed by atoms with E-state index in [1.165, 1.54) is 23.9 Å². The van der Waals surface area contributed by atoms with E-state index in [4.69, 9.17) is 35.4 Å². The average molecular weight is 519 g/mol. The zero-order valence-electron chi connectivity index (χ0n) is 20.9. The van der Waals surface area contributed by atoms with Crippen LogP contribution >= 0.6 is 11.6 Å². The molecule has 2 aromatic rings. The van der Waals surface area contributed by atoms with E-state index >= 15 is 0 Å². The highest BCUT2D eigenvalue weighted by molar-refractivity contribution is 6.31. The van der Waals surface area contributed by atoms with Gasteiger partial charge in [0.1, 0.15) is 24.0 Å². The summed E-state index contributed by atoms with van der Waals surface area (Å²) in [7, 11) is 1.51. The number of halogens is 1. The molecule has 1 fully saturated rings. The minimum Gasteiger partial charge on any atom is -0.495 e. The van der Waals surface area contributed by atoms with Crippen molar-refractivity contribution in [3.63, 3.8) is 0 Å². The number of pyridine rings is 1. The number of ether oxygens (including phenoxy) is 4. The molecule has 3 heterocycles. The molecule has 0 aliphatic carbocycles. The first-order valence-electron chi connectivity index (χ1n) is 11.9. The second-order valence-corrected chi connectivity index (χ2v) is 10.1. The molecule has 9 nitrogen and oxygen atoms in total. The maximum atomic E-state index is 13.5. The van der Waals surface area contributed by atoms with Gasteiger partial charge < -0.3 is 23.8 Å². The van der Waals surface area contributed by atoms with Crippen molar-refractivity contribution in [1.29, 1.82) is 0 Å². The predicted molar refractivity (Wildman–Crippen MR) is 135 cm³/mol. The maximum Gasteiger partial charge on any atom is 0.329 e. The third-order valence-electron chi connectivity index (χ3n) is 5.84. The smallest absolute Gasteiger partial charge is 0.329 e. The van der Waals surface area contributed by atoms with Gasteiger partial charge >= 0.3 is 5.97 Å². The first kappa shape index (κ1) is 26.2. The fourth-order valence-electron chi connectivity index (χ4n) is 4.25. The second-order valence-electron chi connectivity index (χ2n) is 9.66. The molecule has 0 N–H and O–H groups in total. The van der Waals surface area contributed by atoms with Gasteiger partial charge in [-0.15, -0.1) is 0 Å². The fourth-order valence-corrected chi connectivity index (χ4v) is 4.42. The Kier molecular flexibility index (Phi) is 8.02. The Morgan fingerprint density at radius 1 is 1.19 bits per heavy atom. The van der Waals surface area contributed by atoms with Gasteiger partial charge in [-0.05, 0) is 38.5 Å². The van der Waals surface area contributed by atoms with Crippen LogP contribution in [0.2, 0.25) is 5.02 Å². The highest BCUT2D eigenvalue weighted by Gasteiger charge is 2.32. The molecule has 0 bridgehead atoms. The van der Waals surface area contributed by atoms with Crippen molar-refractivity contribution in [2.24, 2.45) is 5.16 Å². The zero-order valence-corrected chi connectivity index (χ0v) is 21.7. The first-order chi connectivity index (χ1) is 17.2. The molecule has 0 saturated carbocycles. The lowest BCUT2D eigenvalue weighted by Gasteiger charge is -2.29. The summed E-state index contributed by atoms with van der Waals surface area (Å²) >= 11 is 6.32. The molecular weight excluding hydrogens is 488 g/mol. The number of rotatable bonds is 7. The SMILES string of the molecule is COc1cn(C(CC2COCCO2)C(=O)OC(C)(C)C)c(=O)cc1-c1cc(Cl)ccc1C1=NOCC1. The van der Waals surface area contributed by atoms with E-state index in [2.05, 4.69) is 5.16 Å². The van der Waals surface area contributed by atoms with Crippen molar-refractivity contribution in [3.8, 4) is 16.9 Å². The number of esters is 1. The van der Waals surface area contributed by atoms with Gasteiger partial charge in [-0.25, -0.2) is 4.79 Å². The third-order valence-corrected chi connectivity index (χ3v) is 6.07. The van der Waals surface area contributed by atoms with E-state index in [9.17, 15) is 9.59 Å². The zero-order chi connectivity index (χ0) is 25.9. The Morgan fingerprint density at radius 3 is 2.64 bits per heavy atom. The number of carbonyl (C=O) groups is 1. The Hall–Kier alpha value is -2.88.